The third kappa shape index (κ3) is 3.58. The molecule has 0 saturated carbocycles. The fourth-order valence-electron chi connectivity index (χ4n) is 3.01. The first-order chi connectivity index (χ1) is 13.7. The van der Waals surface area contributed by atoms with Gasteiger partial charge in [-0.15, -0.1) is 11.3 Å². The molecule has 2 N–H and O–H groups in total. The van der Waals surface area contributed by atoms with E-state index in [0.29, 0.717) is 40.1 Å². The molecule has 0 radical (unpaired) electrons. The lowest BCUT2D eigenvalue weighted by molar-refractivity contribution is 0.200. The lowest BCUT2D eigenvalue weighted by Crippen LogP contribution is -2.02. The zero-order valence-corrected chi connectivity index (χ0v) is 16.9. The quantitative estimate of drug-likeness (QED) is 0.453. The van der Waals surface area contributed by atoms with Crippen LogP contribution in [0.25, 0.3) is 32.8 Å². The molecule has 8 heteroatoms. The zero-order valence-electron chi connectivity index (χ0n) is 15.3. The Bertz CT molecular complexity index is 1110. The van der Waals surface area contributed by atoms with Gasteiger partial charge in [0.15, 0.2) is 12.2 Å². The Morgan fingerprint density at radius 2 is 2.11 bits per heavy atom. The summed E-state index contributed by atoms with van der Waals surface area (Å²) < 4.78 is 24.0. The standard InChI is InChI=1S/C20H19N3O3S2/c1-25-8-5-9-28(24)20-18(21)17-14(13-6-3-2-4-7-13)10-15(23-19(17)27-20)16-11-22-12-26-16/h2-4,6-7,10-12H,5,8-9,21H2,1H3. The molecular weight excluding hydrogens is 394 g/mol. The Hall–Kier alpha value is -2.55. The molecule has 0 amide bonds. The van der Waals surface area contributed by atoms with Gasteiger partial charge in [-0.2, -0.15) is 0 Å². The summed E-state index contributed by atoms with van der Waals surface area (Å²) in [7, 11) is 0.437. The van der Waals surface area contributed by atoms with Crippen LogP contribution in [0.3, 0.4) is 0 Å². The van der Waals surface area contributed by atoms with E-state index in [1.54, 1.807) is 13.3 Å². The first-order valence-corrected chi connectivity index (χ1v) is 10.9. The van der Waals surface area contributed by atoms with Crippen LogP contribution in [-0.4, -0.2) is 33.6 Å². The molecule has 0 fully saturated rings. The summed E-state index contributed by atoms with van der Waals surface area (Å²) in [6, 6.07) is 11.9. The maximum atomic E-state index is 12.8. The second kappa shape index (κ2) is 8.22. The van der Waals surface area contributed by atoms with Gasteiger partial charge >= 0.3 is 0 Å². The van der Waals surface area contributed by atoms with E-state index in [0.717, 1.165) is 21.3 Å². The number of pyridine rings is 1. The number of aromatic nitrogens is 2. The van der Waals surface area contributed by atoms with Crippen LogP contribution in [0, 0.1) is 0 Å². The van der Waals surface area contributed by atoms with E-state index < -0.39 is 10.8 Å². The van der Waals surface area contributed by atoms with Gasteiger partial charge in [-0.1, -0.05) is 30.3 Å². The van der Waals surface area contributed by atoms with Gasteiger partial charge < -0.3 is 14.9 Å². The Balaban J connectivity index is 1.88. The predicted octanol–water partition coefficient (Wildman–Crippen LogP) is 4.34. The van der Waals surface area contributed by atoms with Crippen molar-refractivity contribution in [1.82, 2.24) is 9.97 Å². The van der Waals surface area contributed by atoms with E-state index in [9.17, 15) is 4.21 Å². The topological polar surface area (TPSA) is 91.2 Å². The monoisotopic (exact) mass is 413 g/mol. The Kier molecular flexibility index (Phi) is 5.52. The number of ether oxygens (including phenoxy) is 1. The first-order valence-electron chi connectivity index (χ1n) is 8.73. The lowest BCUT2D eigenvalue weighted by Gasteiger charge is -2.07. The molecule has 0 spiro atoms. The van der Waals surface area contributed by atoms with E-state index in [2.05, 4.69) is 4.98 Å². The molecule has 4 aromatic rings. The molecule has 28 heavy (non-hydrogen) atoms. The Labute approximate surface area is 168 Å². The van der Waals surface area contributed by atoms with Gasteiger partial charge in [0.25, 0.3) is 0 Å². The highest BCUT2D eigenvalue weighted by Crippen LogP contribution is 2.42. The van der Waals surface area contributed by atoms with Crippen molar-refractivity contribution < 1.29 is 13.4 Å². The van der Waals surface area contributed by atoms with Gasteiger partial charge in [0.1, 0.15) is 14.7 Å². The molecule has 3 heterocycles. The summed E-state index contributed by atoms with van der Waals surface area (Å²) in [5.74, 6) is 1.08. The second-order valence-electron chi connectivity index (χ2n) is 6.17. The molecule has 4 rings (SSSR count). The Morgan fingerprint density at radius 1 is 1.29 bits per heavy atom. The SMILES string of the molecule is COCCCS(=O)c1sc2nc(-c3cnco3)cc(-c3ccccc3)c2c1N. The number of rotatable bonds is 7. The number of oxazole rings is 1. The minimum atomic E-state index is -1.20. The number of nitrogens with two attached hydrogens (primary N) is 1. The summed E-state index contributed by atoms with van der Waals surface area (Å²) in [5.41, 5.74) is 9.61. The zero-order chi connectivity index (χ0) is 19.5. The van der Waals surface area contributed by atoms with Gasteiger partial charge in [0, 0.05) is 24.9 Å². The van der Waals surface area contributed by atoms with Gasteiger partial charge in [-0.3, -0.25) is 4.21 Å². The molecular formula is C20H19N3O3S2. The van der Waals surface area contributed by atoms with E-state index in [1.807, 2.05) is 36.4 Å². The van der Waals surface area contributed by atoms with Crippen molar-refractivity contribution >= 4 is 38.0 Å². The summed E-state index contributed by atoms with van der Waals surface area (Å²) in [4.78, 5) is 9.43. The van der Waals surface area contributed by atoms with Crippen LogP contribution in [0.5, 0.6) is 0 Å². The van der Waals surface area contributed by atoms with Crippen molar-refractivity contribution in [2.45, 2.75) is 10.6 Å². The fourth-order valence-corrected chi connectivity index (χ4v) is 5.64. The van der Waals surface area contributed by atoms with E-state index >= 15 is 0 Å². The van der Waals surface area contributed by atoms with Crippen LogP contribution < -0.4 is 5.73 Å². The number of benzene rings is 1. The summed E-state index contributed by atoms with van der Waals surface area (Å²) in [6.45, 7) is 0.569. The van der Waals surface area contributed by atoms with E-state index in [4.69, 9.17) is 19.9 Å². The van der Waals surface area contributed by atoms with Gasteiger partial charge in [-0.05, 0) is 23.6 Å². The number of nitrogen functional groups attached to an aromatic ring is 1. The average molecular weight is 414 g/mol. The fraction of sp³-hybridized carbons (Fsp3) is 0.200. The number of hydrogen-bond acceptors (Lipinski definition) is 7. The molecule has 0 aliphatic rings. The largest absolute Gasteiger partial charge is 0.442 e. The highest BCUT2D eigenvalue weighted by atomic mass is 32.2. The van der Waals surface area contributed by atoms with Crippen LogP contribution in [-0.2, 0) is 15.5 Å². The van der Waals surface area contributed by atoms with Crippen LogP contribution in [0.4, 0.5) is 5.69 Å². The number of thiophene rings is 1. The molecule has 3 aromatic heterocycles. The number of hydrogen-bond donors (Lipinski definition) is 1. The number of nitrogens with zero attached hydrogens (tertiary/aromatic N) is 2. The average Bonchev–Trinajstić information content (AvgIpc) is 3.37. The third-order valence-corrected chi connectivity index (χ3v) is 7.31. The lowest BCUT2D eigenvalue weighted by atomic mass is 10.0. The molecule has 1 aromatic carbocycles. The van der Waals surface area contributed by atoms with Crippen LogP contribution >= 0.6 is 11.3 Å². The summed E-state index contributed by atoms with van der Waals surface area (Å²) in [6.07, 6.45) is 3.71. The smallest absolute Gasteiger partial charge is 0.181 e. The van der Waals surface area contributed by atoms with Gasteiger partial charge in [-0.25, -0.2) is 9.97 Å². The molecule has 1 unspecified atom stereocenters. The molecule has 0 aliphatic heterocycles. The molecule has 0 bridgehead atoms. The maximum Gasteiger partial charge on any atom is 0.181 e. The number of fused-ring (bicyclic) bond motifs is 1. The highest BCUT2D eigenvalue weighted by molar-refractivity contribution is 7.87. The van der Waals surface area contributed by atoms with Gasteiger partial charge in [0.05, 0.1) is 22.7 Å². The van der Waals surface area contributed by atoms with Crippen LogP contribution in [0.2, 0.25) is 0 Å². The minimum Gasteiger partial charge on any atom is -0.442 e. The molecule has 6 nitrogen and oxygen atoms in total. The minimum absolute atomic E-state index is 0.500. The molecule has 0 aliphatic carbocycles. The second-order valence-corrected chi connectivity index (χ2v) is 8.93. The van der Waals surface area contributed by atoms with Crippen molar-refractivity contribution in [3.8, 4) is 22.6 Å². The number of anilines is 1. The van der Waals surface area contributed by atoms with Gasteiger partial charge in [0.2, 0.25) is 0 Å². The molecule has 0 saturated heterocycles. The highest BCUT2D eigenvalue weighted by Gasteiger charge is 2.21. The van der Waals surface area contributed by atoms with Crippen molar-refractivity contribution in [3.05, 3.63) is 49.0 Å². The first kappa shape index (κ1) is 18.8. The summed E-state index contributed by atoms with van der Waals surface area (Å²) in [5, 5.41) is 0.828. The van der Waals surface area contributed by atoms with Crippen LogP contribution in [0.1, 0.15) is 6.42 Å². The maximum absolute atomic E-state index is 12.8. The van der Waals surface area contributed by atoms with Crippen LogP contribution in [0.15, 0.2) is 57.6 Å². The van der Waals surface area contributed by atoms with E-state index in [-0.39, 0.29) is 0 Å². The Morgan fingerprint density at radius 3 is 2.82 bits per heavy atom. The summed E-state index contributed by atoms with van der Waals surface area (Å²) >= 11 is 1.37. The van der Waals surface area contributed by atoms with Crippen molar-refractivity contribution in [1.29, 1.82) is 0 Å². The van der Waals surface area contributed by atoms with Crippen molar-refractivity contribution in [2.75, 3.05) is 25.2 Å². The van der Waals surface area contributed by atoms with Crippen molar-refractivity contribution in [2.24, 2.45) is 0 Å². The third-order valence-electron chi connectivity index (χ3n) is 4.32. The van der Waals surface area contributed by atoms with E-state index in [1.165, 1.54) is 17.7 Å². The normalized spacial score (nSPS) is 12.5. The van der Waals surface area contributed by atoms with Crippen molar-refractivity contribution in [3.63, 3.8) is 0 Å². The molecule has 144 valence electrons. The molecule has 1 atom stereocenters. The number of methoxy groups -OCH3 is 1. The predicted molar refractivity (Wildman–Crippen MR) is 113 cm³/mol.